The van der Waals surface area contributed by atoms with Crippen molar-refractivity contribution in [3.63, 3.8) is 0 Å². The molecule has 1 fully saturated rings. The number of amides is 3. The quantitative estimate of drug-likeness (QED) is 0.762. The summed E-state index contributed by atoms with van der Waals surface area (Å²) in [5.41, 5.74) is 2.41. The first kappa shape index (κ1) is 20.5. The van der Waals surface area contributed by atoms with Crippen LogP contribution in [-0.2, 0) is 20.9 Å². The van der Waals surface area contributed by atoms with E-state index in [1.54, 1.807) is 18.2 Å². The molecule has 6 nitrogen and oxygen atoms in total. The van der Waals surface area contributed by atoms with Crippen LogP contribution in [0.3, 0.4) is 0 Å². The second-order valence-corrected chi connectivity index (χ2v) is 7.13. The average Bonchev–Trinajstić information content (AvgIpc) is 2.69. The van der Waals surface area contributed by atoms with Crippen LogP contribution in [0.1, 0.15) is 24.5 Å². The SMILES string of the molecule is CCC(C(=O)Nc1cccc(C)c1)N1CCN(Cc2ccc(F)cc2)C(=O)C1=O. The van der Waals surface area contributed by atoms with Gasteiger partial charge in [-0.3, -0.25) is 14.4 Å². The Bertz CT molecular complexity index is 914. The number of piperazine rings is 1. The van der Waals surface area contributed by atoms with Gasteiger partial charge in [-0.15, -0.1) is 0 Å². The van der Waals surface area contributed by atoms with E-state index in [1.165, 1.54) is 21.9 Å². The lowest BCUT2D eigenvalue weighted by molar-refractivity contribution is -0.159. The van der Waals surface area contributed by atoms with Crippen molar-refractivity contribution in [2.45, 2.75) is 32.9 Å². The van der Waals surface area contributed by atoms with Gasteiger partial charge >= 0.3 is 11.8 Å². The van der Waals surface area contributed by atoms with Crippen molar-refractivity contribution >= 4 is 23.4 Å². The molecule has 0 radical (unpaired) electrons. The zero-order chi connectivity index (χ0) is 21.0. The highest BCUT2D eigenvalue weighted by Gasteiger charge is 2.38. The molecule has 0 aromatic heterocycles. The third kappa shape index (κ3) is 4.80. The Morgan fingerprint density at radius 3 is 2.48 bits per heavy atom. The standard InChI is InChI=1S/C22H24FN3O3/c1-3-19(20(27)24-18-6-4-5-15(2)13-18)26-12-11-25(21(28)22(26)29)14-16-7-9-17(23)10-8-16/h4-10,13,19H,3,11-12,14H2,1-2H3,(H,24,27). The molecule has 1 atom stereocenters. The van der Waals surface area contributed by atoms with Crippen LogP contribution in [0.25, 0.3) is 0 Å². The molecule has 152 valence electrons. The number of benzene rings is 2. The number of nitrogens with one attached hydrogen (secondary N) is 1. The summed E-state index contributed by atoms with van der Waals surface area (Å²) < 4.78 is 13.1. The Hall–Kier alpha value is -3.22. The van der Waals surface area contributed by atoms with E-state index >= 15 is 0 Å². The minimum Gasteiger partial charge on any atom is -0.328 e. The minimum atomic E-state index is -0.722. The third-order valence-electron chi connectivity index (χ3n) is 4.98. The molecule has 1 heterocycles. The predicted molar refractivity (Wildman–Crippen MR) is 107 cm³/mol. The first-order chi connectivity index (χ1) is 13.9. The fourth-order valence-corrected chi connectivity index (χ4v) is 3.44. The van der Waals surface area contributed by atoms with E-state index in [9.17, 15) is 18.8 Å². The Kier molecular flexibility index (Phi) is 6.26. The lowest BCUT2D eigenvalue weighted by atomic mass is 10.1. The molecule has 0 aliphatic carbocycles. The van der Waals surface area contributed by atoms with Gasteiger partial charge in [0.25, 0.3) is 0 Å². The topological polar surface area (TPSA) is 69.7 Å². The van der Waals surface area contributed by atoms with Gasteiger partial charge in [0.1, 0.15) is 11.9 Å². The normalized spacial score (nSPS) is 15.4. The van der Waals surface area contributed by atoms with Crippen LogP contribution in [0.2, 0.25) is 0 Å². The second kappa shape index (κ2) is 8.86. The van der Waals surface area contributed by atoms with E-state index in [1.807, 2.05) is 32.0 Å². The van der Waals surface area contributed by atoms with Crippen molar-refractivity contribution in [2.24, 2.45) is 0 Å². The average molecular weight is 397 g/mol. The van der Waals surface area contributed by atoms with Crippen LogP contribution in [0, 0.1) is 12.7 Å². The molecule has 1 saturated heterocycles. The van der Waals surface area contributed by atoms with Crippen molar-refractivity contribution in [3.05, 3.63) is 65.5 Å². The van der Waals surface area contributed by atoms with Crippen molar-refractivity contribution in [3.8, 4) is 0 Å². The van der Waals surface area contributed by atoms with Gasteiger partial charge in [0.05, 0.1) is 0 Å². The predicted octanol–water partition coefficient (Wildman–Crippen LogP) is 2.72. The number of carbonyl (C=O) groups excluding carboxylic acids is 3. The van der Waals surface area contributed by atoms with Crippen molar-refractivity contribution in [1.29, 1.82) is 0 Å². The van der Waals surface area contributed by atoms with Gasteiger partial charge in [-0.1, -0.05) is 31.2 Å². The molecule has 2 aromatic rings. The number of hydrogen-bond acceptors (Lipinski definition) is 3. The van der Waals surface area contributed by atoms with Crippen molar-refractivity contribution in [1.82, 2.24) is 9.80 Å². The van der Waals surface area contributed by atoms with Crippen LogP contribution in [0.4, 0.5) is 10.1 Å². The summed E-state index contributed by atoms with van der Waals surface area (Å²) in [7, 11) is 0. The van der Waals surface area contributed by atoms with Gasteiger partial charge in [-0.05, 0) is 48.7 Å². The molecule has 1 N–H and O–H groups in total. The first-order valence-corrected chi connectivity index (χ1v) is 9.61. The maximum absolute atomic E-state index is 13.1. The minimum absolute atomic E-state index is 0.227. The van der Waals surface area contributed by atoms with Crippen LogP contribution < -0.4 is 5.32 Å². The molecule has 1 aliphatic heterocycles. The first-order valence-electron chi connectivity index (χ1n) is 9.61. The third-order valence-corrected chi connectivity index (χ3v) is 4.98. The van der Waals surface area contributed by atoms with Crippen LogP contribution in [0.15, 0.2) is 48.5 Å². The Morgan fingerprint density at radius 1 is 1.10 bits per heavy atom. The zero-order valence-electron chi connectivity index (χ0n) is 16.5. The van der Waals surface area contributed by atoms with Gasteiger partial charge in [0, 0.05) is 25.3 Å². The Morgan fingerprint density at radius 2 is 1.83 bits per heavy atom. The van der Waals surface area contributed by atoms with E-state index in [0.29, 0.717) is 18.7 Å². The largest absolute Gasteiger partial charge is 0.328 e. The molecule has 0 saturated carbocycles. The summed E-state index contributed by atoms with van der Waals surface area (Å²) in [6, 6.07) is 12.5. The van der Waals surface area contributed by atoms with Crippen molar-refractivity contribution < 1.29 is 18.8 Å². The summed E-state index contributed by atoms with van der Waals surface area (Å²) in [6.07, 6.45) is 0.397. The zero-order valence-corrected chi connectivity index (χ0v) is 16.5. The number of anilines is 1. The van der Waals surface area contributed by atoms with E-state index in [4.69, 9.17) is 0 Å². The maximum atomic E-state index is 13.1. The van der Waals surface area contributed by atoms with Gasteiger partial charge in [0.15, 0.2) is 0 Å². The maximum Gasteiger partial charge on any atom is 0.312 e. The van der Waals surface area contributed by atoms with E-state index < -0.39 is 17.9 Å². The van der Waals surface area contributed by atoms with E-state index in [0.717, 1.165) is 11.1 Å². The number of aryl methyl sites for hydroxylation is 1. The number of nitrogens with zero attached hydrogens (tertiary/aromatic N) is 2. The highest BCUT2D eigenvalue weighted by molar-refractivity contribution is 6.35. The van der Waals surface area contributed by atoms with Crippen LogP contribution in [0.5, 0.6) is 0 Å². The molecule has 3 amide bonds. The molecule has 29 heavy (non-hydrogen) atoms. The molecule has 2 aromatic carbocycles. The number of halogens is 1. The van der Waals surface area contributed by atoms with E-state index in [-0.39, 0.29) is 24.8 Å². The molecule has 0 spiro atoms. The lowest BCUT2D eigenvalue weighted by Gasteiger charge is -2.37. The number of rotatable bonds is 6. The van der Waals surface area contributed by atoms with Crippen molar-refractivity contribution in [2.75, 3.05) is 18.4 Å². The molecular weight excluding hydrogens is 373 g/mol. The summed E-state index contributed by atoms with van der Waals surface area (Å²) in [4.78, 5) is 40.8. The summed E-state index contributed by atoms with van der Waals surface area (Å²) in [5, 5.41) is 2.83. The molecule has 1 unspecified atom stereocenters. The van der Waals surface area contributed by atoms with Gasteiger partial charge in [-0.25, -0.2) is 4.39 Å². The highest BCUT2D eigenvalue weighted by Crippen LogP contribution is 2.17. The molecule has 7 heteroatoms. The van der Waals surface area contributed by atoms with Gasteiger partial charge < -0.3 is 15.1 Å². The monoisotopic (exact) mass is 397 g/mol. The number of carbonyl (C=O) groups is 3. The molecule has 1 aliphatic rings. The number of hydrogen-bond donors (Lipinski definition) is 1. The summed E-state index contributed by atoms with van der Waals surface area (Å²) in [6.45, 7) is 4.55. The fourth-order valence-electron chi connectivity index (χ4n) is 3.44. The fraction of sp³-hybridized carbons (Fsp3) is 0.318. The van der Waals surface area contributed by atoms with Gasteiger partial charge in [-0.2, -0.15) is 0 Å². The highest BCUT2D eigenvalue weighted by atomic mass is 19.1. The van der Waals surface area contributed by atoms with Gasteiger partial charge in [0.2, 0.25) is 5.91 Å². The molecule has 0 bridgehead atoms. The second-order valence-electron chi connectivity index (χ2n) is 7.13. The smallest absolute Gasteiger partial charge is 0.312 e. The molecule has 3 rings (SSSR count). The van der Waals surface area contributed by atoms with Crippen LogP contribution >= 0.6 is 0 Å². The molecular formula is C22H24FN3O3. The lowest BCUT2D eigenvalue weighted by Crippen LogP contribution is -2.59. The summed E-state index contributed by atoms with van der Waals surface area (Å²) in [5.74, 6) is -2.01. The van der Waals surface area contributed by atoms with E-state index in [2.05, 4.69) is 5.32 Å². The Balaban J connectivity index is 1.67. The van der Waals surface area contributed by atoms with Crippen LogP contribution in [-0.4, -0.2) is 46.7 Å². The summed E-state index contributed by atoms with van der Waals surface area (Å²) >= 11 is 0. The Labute approximate surface area is 169 Å².